The van der Waals surface area contributed by atoms with Gasteiger partial charge in [0.2, 0.25) is 5.91 Å². The predicted octanol–water partition coefficient (Wildman–Crippen LogP) is 2.09. The number of piperidine rings is 1. The zero-order valence-electron chi connectivity index (χ0n) is 13.7. The van der Waals surface area contributed by atoms with E-state index >= 15 is 0 Å². The molecule has 1 fully saturated rings. The molecule has 6 heteroatoms. The number of rotatable bonds is 7. The monoisotopic (exact) mass is 324 g/mol. The first-order valence-electron chi connectivity index (χ1n) is 8.25. The molecule has 3 N–H and O–H groups in total. The molecule has 0 spiro atoms. The molecule has 1 aliphatic heterocycles. The Morgan fingerprint density at radius 1 is 1.55 bits per heavy atom. The Morgan fingerprint density at radius 2 is 2.36 bits per heavy atom. The minimum Gasteiger partial charge on any atom is -0.354 e. The highest BCUT2D eigenvalue weighted by Crippen LogP contribution is 2.23. The molecule has 0 saturated carbocycles. The second-order valence-electron chi connectivity index (χ2n) is 6.29. The van der Waals surface area contributed by atoms with Crippen LogP contribution in [0.25, 0.3) is 0 Å². The molecule has 1 aromatic heterocycles. The van der Waals surface area contributed by atoms with Gasteiger partial charge in [-0.25, -0.2) is 4.98 Å². The summed E-state index contributed by atoms with van der Waals surface area (Å²) >= 11 is 1.75. The predicted molar refractivity (Wildman–Crippen MR) is 90.9 cm³/mol. The summed E-state index contributed by atoms with van der Waals surface area (Å²) < 4.78 is 0. The number of nitrogens with one attached hydrogen (secondary N) is 1. The van der Waals surface area contributed by atoms with Crippen molar-refractivity contribution in [3.05, 3.63) is 16.1 Å². The van der Waals surface area contributed by atoms with E-state index in [0.29, 0.717) is 24.9 Å². The van der Waals surface area contributed by atoms with E-state index in [4.69, 9.17) is 10.7 Å². The number of nitrogens with two attached hydrogens (primary N) is 1. The number of thiazole rings is 1. The Balaban J connectivity index is 1.89. The maximum atomic E-state index is 11.6. The lowest BCUT2D eigenvalue weighted by Gasteiger charge is -2.35. The molecule has 1 amide bonds. The highest BCUT2D eigenvalue weighted by molar-refractivity contribution is 7.09. The van der Waals surface area contributed by atoms with Gasteiger partial charge >= 0.3 is 0 Å². The van der Waals surface area contributed by atoms with Gasteiger partial charge in [0.05, 0.1) is 10.7 Å². The van der Waals surface area contributed by atoms with Crippen molar-refractivity contribution >= 4 is 17.2 Å². The van der Waals surface area contributed by atoms with Crippen LogP contribution < -0.4 is 11.1 Å². The lowest BCUT2D eigenvalue weighted by molar-refractivity contribution is -0.121. The fraction of sp³-hybridized carbons (Fsp3) is 0.750. The average Bonchev–Trinajstić information content (AvgIpc) is 2.95. The Hall–Kier alpha value is -0.980. The first-order chi connectivity index (χ1) is 10.6. The molecule has 0 radical (unpaired) electrons. The van der Waals surface area contributed by atoms with Crippen LogP contribution in [-0.2, 0) is 11.3 Å². The summed E-state index contributed by atoms with van der Waals surface area (Å²) in [6.45, 7) is 7.47. The van der Waals surface area contributed by atoms with Crippen LogP contribution >= 0.6 is 11.3 Å². The van der Waals surface area contributed by atoms with Gasteiger partial charge in [0.15, 0.2) is 0 Å². The summed E-state index contributed by atoms with van der Waals surface area (Å²) in [5.41, 5.74) is 6.58. The molecule has 1 aromatic rings. The smallest absolute Gasteiger partial charge is 0.221 e. The van der Waals surface area contributed by atoms with Crippen LogP contribution in [-0.4, -0.2) is 41.5 Å². The molecule has 0 bridgehead atoms. The number of carbonyl (C=O) groups is 1. The van der Waals surface area contributed by atoms with E-state index in [1.54, 1.807) is 11.3 Å². The average molecular weight is 324 g/mol. The van der Waals surface area contributed by atoms with Crippen molar-refractivity contribution in [3.8, 4) is 0 Å². The Bertz CT molecular complexity index is 474. The molecule has 1 aliphatic rings. The van der Waals surface area contributed by atoms with Gasteiger partial charge in [-0.2, -0.15) is 0 Å². The molecular formula is C16H28N4OS. The third kappa shape index (κ3) is 5.04. The fourth-order valence-electron chi connectivity index (χ4n) is 2.82. The number of likely N-dealkylation sites (tertiary alicyclic amines) is 1. The zero-order chi connectivity index (χ0) is 15.9. The van der Waals surface area contributed by atoms with Crippen molar-refractivity contribution in [2.24, 2.45) is 5.73 Å². The van der Waals surface area contributed by atoms with Crippen molar-refractivity contribution in [3.63, 3.8) is 0 Å². The van der Waals surface area contributed by atoms with Gasteiger partial charge in [0.1, 0.15) is 0 Å². The Kier molecular flexibility index (Phi) is 6.79. The van der Waals surface area contributed by atoms with Gasteiger partial charge in [0, 0.05) is 43.4 Å². The zero-order valence-corrected chi connectivity index (χ0v) is 14.5. The molecule has 2 heterocycles. The van der Waals surface area contributed by atoms with E-state index < -0.39 is 0 Å². The number of hydrogen-bond acceptors (Lipinski definition) is 5. The molecule has 1 atom stereocenters. The summed E-state index contributed by atoms with van der Waals surface area (Å²) in [5.74, 6) is 0.551. The molecular weight excluding hydrogens is 296 g/mol. The van der Waals surface area contributed by atoms with Crippen molar-refractivity contribution in [2.45, 2.75) is 58.0 Å². The topological polar surface area (TPSA) is 71.2 Å². The van der Waals surface area contributed by atoms with Crippen molar-refractivity contribution in [1.29, 1.82) is 0 Å². The van der Waals surface area contributed by atoms with E-state index in [-0.39, 0.29) is 5.91 Å². The molecule has 0 aliphatic carbocycles. The number of carbonyl (C=O) groups excluding carboxylic acids is 1. The van der Waals surface area contributed by atoms with Gasteiger partial charge < -0.3 is 11.1 Å². The highest BCUT2D eigenvalue weighted by atomic mass is 32.1. The Morgan fingerprint density at radius 3 is 3.05 bits per heavy atom. The van der Waals surface area contributed by atoms with Crippen molar-refractivity contribution in [1.82, 2.24) is 15.2 Å². The fourth-order valence-corrected chi connectivity index (χ4v) is 3.65. The molecule has 1 saturated heterocycles. The number of hydrogen-bond donors (Lipinski definition) is 2. The minimum atomic E-state index is 0.0591. The lowest BCUT2D eigenvalue weighted by atomic mass is 10.0. The lowest BCUT2D eigenvalue weighted by Crippen LogP contribution is -2.46. The second-order valence-corrected chi connectivity index (χ2v) is 7.18. The normalized spacial score (nSPS) is 19.5. The van der Waals surface area contributed by atoms with Crippen LogP contribution in [0, 0.1) is 0 Å². The van der Waals surface area contributed by atoms with Crippen molar-refractivity contribution < 1.29 is 4.79 Å². The van der Waals surface area contributed by atoms with E-state index in [9.17, 15) is 4.79 Å². The van der Waals surface area contributed by atoms with E-state index in [0.717, 1.165) is 31.7 Å². The standard InChI is InChI=1S/C16H28N4OS/c1-12(2)16-19-13(11-22-16)10-20-8-4-3-5-14(20)9-18-15(21)6-7-17/h11-12,14H,3-10,17H2,1-2H3,(H,18,21). The number of aromatic nitrogens is 1. The number of nitrogens with zero attached hydrogens (tertiary/aromatic N) is 2. The largest absolute Gasteiger partial charge is 0.354 e. The van der Waals surface area contributed by atoms with Crippen LogP contribution in [0.4, 0.5) is 0 Å². The molecule has 5 nitrogen and oxygen atoms in total. The molecule has 22 heavy (non-hydrogen) atoms. The van der Waals surface area contributed by atoms with Gasteiger partial charge in [-0.1, -0.05) is 20.3 Å². The summed E-state index contributed by atoms with van der Waals surface area (Å²) in [6, 6.07) is 0.416. The van der Waals surface area contributed by atoms with Gasteiger partial charge in [-0.3, -0.25) is 9.69 Å². The second kappa shape index (κ2) is 8.60. The van der Waals surface area contributed by atoms with Crippen LogP contribution in [0.1, 0.15) is 56.2 Å². The van der Waals surface area contributed by atoms with E-state index in [2.05, 4.69) is 29.4 Å². The van der Waals surface area contributed by atoms with Crippen LogP contribution in [0.3, 0.4) is 0 Å². The first-order valence-corrected chi connectivity index (χ1v) is 9.13. The SMILES string of the molecule is CC(C)c1nc(CN2CCCCC2CNC(=O)CCN)cs1. The van der Waals surface area contributed by atoms with Gasteiger partial charge in [-0.05, 0) is 19.4 Å². The van der Waals surface area contributed by atoms with E-state index in [1.165, 1.54) is 17.8 Å². The van der Waals surface area contributed by atoms with Gasteiger partial charge in [-0.15, -0.1) is 11.3 Å². The Labute approximate surface area is 137 Å². The highest BCUT2D eigenvalue weighted by Gasteiger charge is 2.23. The minimum absolute atomic E-state index is 0.0591. The third-order valence-electron chi connectivity index (χ3n) is 4.08. The molecule has 2 rings (SSSR count). The summed E-state index contributed by atoms with van der Waals surface area (Å²) in [6.07, 6.45) is 4.03. The summed E-state index contributed by atoms with van der Waals surface area (Å²) in [7, 11) is 0. The maximum absolute atomic E-state index is 11.6. The third-order valence-corrected chi connectivity index (χ3v) is 5.28. The summed E-state index contributed by atoms with van der Waals surface area (Å²) in [4.78, 5) is 18.8. The maximum Gasteiger partial charge on any atom is 0.221 e. The molecule has 124 valence electrons. The quantitative estimate of drug-likeness (QED) is 0.805. The number of amides is 1. The summed E-state index contributed by atoms with van der Waals surface area (Å²) in [5, 5.41) is 6.40. The molecule has 0 aromatic carbocycles. The van der Waals surface area contributed by atoms with Crippen molar-refractivity contribution in [2.75, 3.05) is 19.6 Å². The van der Waals surface area contributed by atoms with Gasteiger partial charge in [0.25, 0.3) is 0 Å². The van der Waals surface area contributed by atoms with E-state index in [1.807, 2.05) is 0 Å². The first kappa shape index (κ1) is 17.4. The van der Waals surface area contributed by atoms with Crippen LogP contribution in [0.2, 0.25) is 0 Å². The van der Waals surface area contributed by atoms with Crippen LogP contribution in [0.5, 0.6) is 0 Å². The van der Waals surface area contributed by atoms with Crippen LogP contribution in [0.15, 0.2) is 5.38 Å². The molecule has 1 unspecified atom stereocenters.